The van der Waals surface area contributed by atoms with E-state index in [0.29, 0.717) is 27.8 Å². The Morgan fingerprint density at radius 3 is 2.62 bits per heavy atom. The Hall–Kier alpha value is -3.52. The number of anilines is 1. The van der Waals surface area contributed by atoms with E-state index in [-0.39, 0.29) is 12.5 Å². The number of hydrogen-bond acceptors (Lipinski definition) is 5. The van der Waals surface area contributed by atoms with Gasteiger partial charge in [0.25, 0.3) is 5.91 Å². The lowest BCUT2D eigenvalue weighted by molar-refractivity contribution is -0.127. The number of benzene rings is 2. The summed E-state index contributed by atoms with van der Waals surface area (Å²) in [4.78, 5) is 37.8. The van der Waals surface area contributed by atoms with Crippen molar-refractivity contribution < 1.29 is 23.9 Å². The van der Waals surface area contributed by atoms with Crippen LogP contribution in [0.5, 0.6) is 11.5 Å². The van der Waals surface area contributed by atoms with Gasteiger partial charge in [-0.05, 0) is 36.8 Å². The Bertz CT molecular complexity index is 1050. The van der Waals surface area contributed by atoms with Crippen LogP contribution < -0.4 is 20.1 Å². The molecular formula is C20H16ClN3O5. The highest BCUT2D eigenvalue weighted by molar-refractivity contribution is 6.32. The topological polar surface area (TPSA) is 97.0 Å². The molecule has 2 heterocycles. The van der Waals surface area contributed by atoms with Crippen molar-refractivity contribution in [3.63, 3.8) is 0 Å². The van der Waals surface area contributed by atoms with E-state index in [4.69, 9.17) is 21.1 Å². The lowest BCUT2D eigenvalue weighted by Gasteiger charge is -2.12. The largest absolute Gasteiger partial charge is 0.454 e. The van der Waals surface area contributed by atoms with Crippen molar-refractivity contribution in [1.29, 1.82) is 0 Å². The van der Waals surface area contributed by atoms with E-state index in [1.807, 2.05) is 19.1 Å². The lowest BCUT2D eigenvalue weighted by atomic mass is 10.1. The SMILES string of the molecule is Cc1ccc(NC(=O)CN2C(=O)NC(=Cc3cc4c(cc3Cl)OCO4)C2=O)cc1. The van der Waals surface area contributed by atoms with Crippen LogP contribution in [0.15, 0.2) is 42.1 Å². The van der Waals surface area contributed by atoms with Crippen molar-refractivity contribution in [2.75, 3.05) is 18.7 Å². The zero-order valence-electron chi connectivity index (χ0n) is 15.3. The number of aryl methyl sites for hydroxylation is 1. The summed E-state index contributed by atoms with van der Waals surface area (Å²) < 4.78 is 10.5. The molecule has 2 aromatic rings. The average molecular weight is 414 g/mol. The molecule has 1 fully saturated rings. The van der Waals surface area contributed by atoms with Crippen molar-refractivity contribution in [2.45, 2.75) is 6.92 Å². The number of hydrogen-bond donors (Lipinski definition) is 2. The number of fused-ring (bicyclic) bond motifs is 1. The molecule has 0 atom stereocenters. The maximum atomic E-state index is 12.6. The third kappa shape index (κ3) is 3.88. The first-order valence-corrected chi connectivity index (χ1v) is 9.09. The van der Waals surface area contributed by atoms with Crippen molar-refractivity contribution in [3.8, 4) is 11.5 Å². The zero-order chi connectivity index (χ0) is 20.5. The van der Waals surface area contributed by atoms with Gasteiger partial charge in [-0.1, -0.05) is 29.3 Å². The minimum atomic E-state index is -0.683. The molecular weight excluding hydrogens is 398 g/mol. The molecule has 2 aromatic carbocycles. The molecule has 9 heteroatoms. The monoisotopic (exact) mass is 413 g/mol. The van der Waals surface area contributed by atoms with Gasteiger partial charge in [-0.2, -0.15) is 0 Å². The number of rotatable bonds is 4. The molecule has 4 amide bonds. The Kier molecular flexibility index (Phi) is 4.85. The fraction of sp³-hybridized carbons (Fsp3) is 0.150. The van der Waals surface area contributed by atoms with Gasteiger partial charge in [0, 0.05) is 11.8 Å². The van der Waals surface area contributed by atoms with E-state index in [1.165, 1.54) is 6.08 Å². The van der Waals surface area contributed by atoms with E-state index in [1.54, 1.807) is 24.3 Å². The third-order valence-electron chi connectivity index (χ3n) is 4.39. The number of ether oxygens (including phenoxy) is 2. The summed E-state index contributed by atoms with van der Waals surface area (Å²) in [5.41, 5.74) is 2.12. The fourth-order valence-electron chi connectivity index (χ4n) is 2.90. The smallest absolute Gasteiger partial charge is 0.329 e. The Morgan fingerprint density at radius 1 is 1.21 bits per heavy atom. The molecule has 29 heavy (non-hydrogen) atoms. The van der Waals surface area contributed by atoms with Crippen LogP contribution in [0, 0.1) is 6.92 Å². The van der Waals surface area contributed by atoms with Gasteiger partial charge in [0.05, 0.1) is 5.02 Å². The van der Waals surface area contributed by atoms with Gasteiger partial charge >= 0.3 is 6.03 Å². The standard InChI is InChI=1S/C20H16ClN3O5/c1-11-2-4-13(5-3-11)22-18(25)9-24-19(26)15(23-20(24)27)6-12-7-16-17(8-14(12)21)29-10-28-16/h2-8H,9-10H2,1H3,(H,22,25)(H,23,27). The molecule has 0 radical (unpaired) electrons. The van der Waals surface area contributed by atoms with Crippen molar-refractivity contribution in [3.05, 3.63) is 58.2 Å². The normalized spacial score (nSPS) is 16.3. The summed E-state index contributed by atoms with van der Waals surface area (Å²) in [7, 11) is 0. The number of imide groups is 1. The van der Waals surface area contributed by atoms with Crippen LogP contribution in [-0.4, -0.2) is 36.1 Å². The molecule has 1 saturated heterocycles. The van der Waals surface area contributed by atoms with Crippen LogP contribution in [0.2, 0.25) is 5.02 Å². The molecule has 0 spiro atoms. The van der Waals surface area contributed by atoms with Gasteiger partial charge < -0.3 is 20.1 Å². The molecule has 2 aliphatic rings. The van der Waals surface area contributed by atoms with Crippen LogP contribution in [0.4, 0.5) is 10.5 Å². The third-order valence-corrected chi connectivity index (χ3v) is 4.72. The number of carbonyl (C=O) groups excluding carboxylic acids is 3. The number of nitrogens with one attached hydrogen (secondary N) is 2. The predicted molar refractivity (Wildman–Crippen MR) is 106 cm³/mol. The minimum absolute atomic E-state index is 0.0129. The van der Waals surface area contributed by atoms with Crippen molar-refractivity contribution >= 4 is 41.2 Å². The predicted octanol–water partition coefficient (Wildman–Crippen LogP) is 2.91. The Balaban J connectivity index is 1.48. The van der Waals surface area contributed by atoms with Crippen molar-refractivity contribution in [1.82, 2.24) is 10.2 Å². The maximum Gasteiger partial charge on any atom is 0.329 e. The molecule has 0 bridgehead atoms. The second-order valence-electron chi connectivity index (χ2n) is 6.52. The van der Waals surface area contributed by atoms with Gasteiger partial charge in [-0.15, -0.1) is 0 Å². The van der Waals surface area contributed by atoms with Crippen molar-refractivity contribution in [2.24, 2.45) is 0 Å². The second kappa shape index (κ2) is 7.48. The molecule has 0 aromatic heterocycles. The van der Waals surface area contributed by atoms with E-state index in [9.17, 15) is 14.4 Å². The highest BCUT2D eigenvalue weighted by Crippen LogP contribution is 2.37. The van der Waals surface area contributed by atoms with Crippen LogP contribution in [-0.2, 0) is 9.59 Å². The number of amides is 4. The summed E-state index contributed by atoms with van der Waals surface area (Å²) in [5.74, 6) is -0.108. The first-order valence-electron chi connectivity index (χ1n) is 8.71. The molecule has 8 nitrogen and oxygen atoms in total. The van der Waals surface area contributed by atoms with Gasteiger partial charge in [0.2, 0.25) is 12.7 Å². The fourth-order valence-corrected chi connectivity index (χ4v) is 3.10. The highest BCUT2D eigenvalue weighted by Gasteiger charge is 2.35. The molecule has 0 aliphatic carbocycles. The first kappa shape index (κ1) is 18.8. The summed E-state index contributed by atoms with van der Waals surface area (Å²) >= 11 is 6.21. The number of carbonyl (C=O) groups is 3. The van der Waals surface area contributed by atoms with Crippen LogP contribution in [0.3, 0.4) is 0 Å². The molecule has 148 valence electrons. The highest BCUT2D eigenvalue weighted by atomic mass is 35.5. The Labute approximate surface area is 171 Å². The van der Waals surface area contributed by atoms with E-state index in [2.05, 4.69) is 10.6 Å². The quantitative estimate of drug-likeness (QED) is 0.593. The first-order chi connectivity index (χ1) is 13.9. The maximum absolute atomic E-state index is 12.6. The van der Waals surface area contributed by atoms with E-state index >= 15 is 0 Å². The number of urea groups is 1. The second-order valence-corrected chi connectivity index (χ2v) is 6.93. The van der Waals surface area contributed by atoms with Crippen LogP contribution in [0.1, 0.15) is 11.1 Å². The zero-order valence-corrected chi connectivity index (χ0v) is 16.1. The van der Waals surface area contributed by atoms with E-state index in [0.717, 1.165) is 10.5 Å². The molecule has 4 rings (SSSR count). The van der Waals surface area contributed by atoms with Crippen LogP contribution in [0.25, 0.3) is 6.08 Å². The summed E-state index contributed by atoms with van der Waals surface area (Å²) in [6, 6.07) is 9.68. The summed E-state index contributed by atoms with van der Waals surface area (Å²) in [6.45, 7) is 1.61. The molecule has 0 unspecified atom stereocenters. The van der Waals surface area contributed by atoms with Gasteiger partial charge in [-0.25, -0.2) is 9.69 Å². The van der Waals surface area contributed by atoms with Gasteiger partial charge in [0.15, 0.2) is 11.5 Å². The minimum Gasteiger partial charge on any atom is -0.454 e. The van der Waals surface area contributed by atoms with Crippen LogP contribution >= 0.6 is 11.6 Å². The average Bonchev–Trinajstić information content (AvgIpc) is 3.23. The molecule has 2 aliphatic heterocycles. The molecule has 2 N–H and O–H groups in total. The Morgan fingerprint density at radius 2 is 1.90 bits per heavy atom. The van der Waals surface area contributed by atoms with Gasteiger partial charge in [0.1, 0.15) is 12.2 Å². The number of nitrogens with zero attached hydrogens (tertiary/aromatic N) is 1. The number of halogens is 1. The lowest BCUT2D eigenvalue weighted by Crippen LogP contribution is -2.38. The molecule has 0 saturated carbocycles. The van der Waals surface area contributed by atoms with E-state index < -0.39 is 24.4 Å². The summed E-state index contributed by atoms with van der Waals surface area (Å²) in [5, 5.41) is 5.45. The summed E-state index contributed by atoms with van der Waals surface area (Å²) in [6.07, 6.45) is 1.43. The van der Waals surface area contributed by atoms with Gasteiger partial charge in [-0.3, -0.25) is 9.59 Å².